The van der Waals surface area contributed by atoms with Crippen LogP contribution in [0.5, 0.6) is 11.5 Å². The Morgan fingerprint density at radius 1 is 1.13 bits per heavy atom. The number of ketones is 1. The summed E-state index contributed by atoms with van der Waals surface area (Å²) in [4.78, 5) is 12.5. The van der Waals surface area contributed by atoms with Crippen molar-refractivity contribution < 1.29 is 14.3 Å². The van der Waals surface area contributed by atoms with E-state index in [2.05, 4.69) is 21.2 Å². The standard InChI is InChI=1S/C18H14BrNO3/c19-13-3-1-11(2-4-13)16(21)9-15-14-8-18-17(22-10-23-18)7-12(14)5-6-20-15/h1-4,7-9,20H,5-6,10H2. The van der Waals surface area contributed by atoms with Crippen LogP contribution in [0.3, 0.4) is 0 Å². The average Bonchev–Trinajstić information content (AvgIpc) is 3.01. The fourth-order valence-corrected chi connectivity index (χ4v) is 3.09. The molecule has 116 valence electrons. The predicted octanol–water partition coefficient (Wildman–Crippen LogP) is 3.55. The van der Waals surface area contributed by atoms with E-state index in [4.69, 9.17) is 9.47 Å². The quantitative estimate of drug-likeness (QED) is 0.647. The summed E-state index contributed by atoms with van der Waals surface area (Å²) in [7, 11) is 0. The van der Waals surface area contributed by atoms with E-state index in [1.807, 2.05) is 36.4 Å². The van der Waals surface area contributed by atoms with E-state index < -0.39 is 0 Å². The minimum absolute atomic E-state index is 0.0227. The normalized spacial score (nSPS) is 16.8. The van der Waals surface area contributed by atoms with E-state index in [1.54, 1.807) is 6.08 Å². The number of hydrogen-bond acceptors (Lipinski definition) is 4. The summed E-state index contributed by atoms with van der Waals surface area (Å²) < 4.78 is 11.8. The van der Waals surface area contributed by atoms with Gasteiger partial charge in [0.25, 0.3) is 0 Å². The second kappa shape index (κ2) is 5.74. The van der Waals surface area contributed by atoms with Gasteiger partial charge in [0.1, 0.15) is 0 Å². The van der Waals surface area contributed by atoms with E-state index in [9.17, 15) is 4.79 Å². The summed E-state index contributed by atoms with van der Waals surface area (Å²) in [5, 5.41) is 3.31. The molecular weight excluding hydrogens is 358 g/mol. The molecule has 0 bridgehead atoms. The second-order valence-corrected chi connectivity index (χ2v) is 6.38. The van der Waals surface area contributed by atoms with Crippen molar-refractivity contribution in [3.8, 4) is 11.5 Å². The lowest BCUT2D eigenvalue weighted by atomic mass is 9.96. The van der Waals surface area contributed by atoms with Gasteiger partial charge in [0.15, 0.2) is 17.3 Å². The zero-order chi connectivity index (χ0) is 15.8. The number of rotatable bonds is 2. The molecule has 2 aromatic rings. The van der Waals surface area contributed by atoms with Crippen LogP contribution in [0, 0.1) is 0 Å². The summed E-state index contributed by atoms with van der Waals surface area (Å²) in [6, 6.07) is 11.3. The summed E-state index contributed by atoms with van der Waals surface area (Å²) in [5.74, 6) is 1.49. The highest BCUT2D eigenvalue weighted by Crippen LogP contribution is 2.38. The largest absolute Gasteiger partial charge is 0.454 e. The summed E-state index contributed by atoms with van der Waals surface area (Å²) in [5.41, 5.74) is 3.67. The minimum Gasteiger partial charge on any atom is -0.454 e. The van der Waals surface area contributed by atoms with Gasteiger partial charge in [-0.25, -0.2) is 0 Å². The highest BCUT2D eigenvalue weighted by Gasteiger charge is 2.22. The molecule has 0 saturated heterocycles. The molecule has 0 amide bonds. The van der Waals surface area contributed by atoms with Gasteiger partial charge in [-0.05, 0) is 48.4 Å². The number of allylic oxidation sites excluding steroid dienone is 1. The van der Waals surface area contributed by atoms with E-state index in [0.29, 0.717) is 5.56 Å². The summed E-state index contributed by atoms with van der Waals surface area (Å²) in [6.45, 7) is 1.05. The number of carbonyl (C=O) groups is 1. The fraction of sp³-hybridized carbons (Fsp3) is 0.167. The molecule has 4 rings (SSSR count). The molecule has 2 heterocycles. The van der Waals surface area contributed by atoms with E-state index >= 15 is 0 Å². The molecule has 0 fully saturated rings. The lowest BCUT2D eigenvalue weighted by Gasteiger charge is -2.21. The zero-order valence-corrected chi connectivity index (χ0v) is 13.9. The first-order valence-corrected chi connectivity index (χ1v) is 8.18. The van der Waals surface area contributed by atoms with Gasteiger partial charge in [-0.2, -0.15) is 0 Å². The first-order valence-electron chi connectivity index (χ1n) is 7.39. The average molecular weight is 372 g/mol. The summed E-state index contributed by atoms with van der Waals surface area (Å²) in [6.07, 6.45) is 2.55. The number of carbonyl (C=O) groups excluding carboxylic acids is 1. The molecule has 0 spiro atoms. The Balaban J connectivity index is 1.71. The van der Waals surface area contributed by atoms with E-state index in [-0.39, 0.29) is 12.6 Å². The fourth-order valence-electron chi connectivity index (χ4n) is 2.83. The van der Waals surface area contributed by atoms with Gasteiger partial charge in [-0.3, -0.25) is 4.79 Å². The number of hydrogen-bond donors (Lipinski definition) is 1. The molecule has 5 heteroatoms. The van der Waals surface area contributed by atoms with Crippen molar-refractivity contribution in [3.63, 3.8) is 0 Å². The van der Waals surface area contributed by atoms with E-state index in [1.165, 1.54) is 5.56 Å². The Labute approximate surface area is 142 Å². The molecule has 2 aromatic carbocycles. The maximum atomic E-state index is 12.5. The number of halogens is 1. The second-order valence-electron chi connectivity index (χ2n) is 5.47. The molecule has 2 aliphatic heterocycles. The number of benzene rings is 2. The smallest absolute Gasteiger partial charge is 0.231 e. The van der Waals surface area contributed by atoms with Crippen molar-refractivity contribution in [2.75, 3.05) is 13.3 Å². The van der Waals surface area contributed by atoms with Crippen LogP contribution >= 0.6 is 15.9 Å². The first-order chi connectivity index (χ1) is 11.2. The Bertz CT molecular complexity index is 812. The zero-order valence-electron chi connectivity index (χ0n) is 12.3. The van der Waals surface area contributed by atoms with Gasteiger partial charge < -0.3 is 14.8 Å². The summed E-state index contributed by atoms with van der Waals surface area (Å²) >= 11 is 3.38. The van der Waals surface area contributed by atoms with Gasteiger partial charge in [0.2, 0.25) is 6.79 Å². The number of ether oxygens (including phenoxy) is 2. The van der Waals surface area contributed by atoms with Crippen molar-refractivity contribution in [1.29, 1.82) is 0 Å². The van der Waals surface area contributed by atoms with Crippen LogP contribution in [-0.4, -0.2) is 19.1 Å². The van der Waals surface area contributed by atoms with Gasteiger partial charge in [-0.15, -0.1) is 0 Å². The van der Waals surface area contributed by atoms with Crippen molar-refractivity contribution in [2.45, 2.75) is 6.42 Å². The maximum absolute atomic E-state index is 12.5. The molecule has 1 N–H and O–H groups in total. The predicted molar refractivity (Wildman–Crippen MR) is 90.7 cm³/mol. The third kappa shape index (κ3) is 2.72. The molecular formula is C18H14BrNO3. The molecule has 0 aromatic heterocycles. The molecule has 0 saturated carbocycles. The van der Waals surface area contributed by atoms with Gasteiger partial charge in [0.05, 0.1) is 0 Å². The van der Waals surface area contributed by atoms with Gasteiger partial charge in [-0.1, -0.05) is 15.9 Å². The molecule has 2 aliphatic rings. The molecule has 0 aliphatic carbocycles. The third-order valence-corrected chi connectivity index (χ3v) is 4.53. The third-order valence-electron chi connectivity index (χ3n) is 4.00. The molecule has 0 unspecified atom stereocenters. The van der Waals surface area contributed by atoms with Crippen LogP contribution in [-0.2, 0) is 6.42 Å². The molecule has 0 atom stereocenters. The Morgan fingerprint density at radius 3 is 2.65 bits per heavy atom. The molecule has 23 heavy (non-hydrogen) atoms. The van der Waals surface area contributed by atoms with Crippen molar-refractivity contribution in [3.05, 3.63) is 63.6 Å². The highest BCUT2D eigenvalue weighted by molar-refractivity contribution is 9.10. The topological polar surface area (TPSA) is 47.6 Å². The van der Waals surface area contributed by atoms with Crippen molar-refractivity contribution in [1.82, 2.24) is 5.32 Å². The van der Waals surface area contributed by atoms with Crippen molar-refractivity contribution >= 4 is 27.4 Å². The highest BCUT2D eigenvalue weighted by atomic mass is 79.9. The molecule has 0 radical (unpaired) electrons. The van der Waals surface area contributed by atoms with Gasteiger partial charge in [0, 0.05) is 33.9 Å². The SMILES string of the molecule is O=C(C=C1NCCc2cc3c(cc21)OCO3)c1ccc(Br)cc1. The Kier molecular flexibility index (Phi) is 3.58. The van der Waals surface area contributed by atoms with Crippen LogP contribution in [0.4, 0.5) is 0 Å². The van der Waals surface area contributed by atoms with E-state index in [0.717, 1.165) is 40.2 Å². The van der Waals surface area contributed by atoms with Crippen molar-refractivity contribution in [2.24, 2.45) is 0 Å². The van der Waals surface area contributed by atoms with Crippen LogP contribution in [0.25, 0.3) is 5.70 Å². The molecule has 4 nitrogen and oxygen atoms in total. The Morgan fingerprint density at radius 2 is 1.87 bits per heavy atom. The van der Waals surface area contributed by atoms with Gasteiger partial charge >= 0.3 is 0 Å². The lowest BCUT2D eigenvalue weighted by Crippen LogP contribution is -2.23. The maximum Gasteiger partial charge on any atom is 0.231 e. The Hall–Kier alpha value is -2.27. The minimum atomic E-state index is -0.0227. The lowest BCUT2D eigenvalue weighted by molar-refractivity contribution is 0.104. The van der Waals surface area contributed by atoms with Crippen LogP contribution in [0.1, 0.15) is 21.5 Å². The monoisotopic (exact) mass is 371 g/mol. The van der Waals surface area contributed by atoms with Crippen LogP contribution in [0.2, 0.25) is 0 Å². The number of fused-ring (bicyclic) bond motifs is 2. The number of nitrogens with one attached hydrogen (secondary N) is 1. The first kappa shape index (κ1) is 14.3. The van der Waals surface area contributed by atoms with Crippen LogP contribution in [0.15, 0.2) is 46.9 Å². The van der Waals surface area contributed by atoms with Crippen LogP contribution < -0.4 is 14.8 Å².